The molecule has 0 saturated carbocycles. The highest BCUT2D eigenvalue weighted by atomic mass is 16.3. The first-order valence-electron chi connectivity index (χ1n) is 12.2. The maximum Gasteiger partial charge on any atom is 0.320 e. The van der Waals surface area contributed by atoms with Gasteiger partial charge in [0.05, 0.1) is 18.3 Å². The fourth-order valence-electron chi connectivity index (χ4n) is 5.18. The van der Waals surface area contributed by atoms with Crippen molar-refractivity contribution in [3.63, 3.8) is 0 Å². The van der Waals surface area contributed by atoms with Crippen molar-refractivity contribution in [2.45, 2.75) is 38.5 Å². The summed E-state index contributed by atoms with van der Waals surface area (Å²) in [5.41, 5.74) is 4.72. The van der Waals surface area contributed by atoms with Gasteiger partial charge in [0.1, 0.15) is 0 Å². The van der Waals surface area contributed by atoms with Crippen molar-refractivity contribution in [2.75, 3.05) is 45.8 Å². The Kier molecular flexibility index (Phi) is 6.52. The number of aromatic nitrogens is 1. The zero-order chi connectivity index (χ0) is 23.7. The number of carbonyl (C=O) groups excluding carboxylic acids is 2. The first-order valence-corrected chi connectivity index (χ1v) is 12.2. The van der Waals surface area contributed by atoms with Crippen molar-refractivity contribution in [1.82, 2.24) is 24.6 Å². The summed E-state index contributed by atoms with van der Waals surface area (Å²) < 4.78 is 0. The Balaban J connectivity index is 1.08. The number of hydrogen-bond acceptors (Lipinski definition) is 5. The van der Waals surface area contributed by atoms with Crippen LogP contribution in [0.5, 0.6) is 0 Å². The van der Waals surface area contributed by atoms with E-state index in [1.165, 1.54) is 11.1 Å². The van der Waals surface area contributed by atoms with Gasteiger partial charge >= 0.3 is 6.03 Å². The van der Waals surface area contributed by atoms with Crippen LogP contribution >= 0.6 is 0 Å². The molecule has 0 unspecified atom stereocenters. The third kappa shape index (κ3) is 4.93. The average molecular weight is 464 g/mol. The van der Waals surface area contributed by atoms with Gasteiger partial charge in [-0.05, 0) is 29.2 Å². The highest BCUT2D eigenvalue weighted by molar-refractivity contribution is 5.76. The van der Waals surface area contributed by atoms with Crippen molar-refractivity contribution in [3.8, 4) is 0 Å². The summed E-state index contributed by atoms with van der Waals surface area (Å²) in [4.78, 5) is 36.5. The molecule has 3 amide bonds. The minimum atomic E-state index is -0.566. The SMILES string of the molecule is CC(=O)N1CC(c2ccc(CN3CCN(C[C@H](O)CN4CCc5ccccc5C4)C3=O)nc2)C1. The minimum Gasteiger partial charge on any atom is -0.390 e. The average Bonchev–Trinajstić information content (AvgIpc) is 3.12. The number of aliphatic hydroxyl groups is 1. The quantitative estimate of drug-likeness (QED) is 0.676. The van der Waals surface area contributed by atoms with Gasteiger partial charge in [0.15, 0.2) is 0 Å². The molecule has 180 valence electrons. The lowest BCUT2D eigenvalue weighted by Gasteiger charge is -2.38. The van der Waals surface area contributed by atoms with Crippen molar-refractivity contribution >= 4 is 11.9 Å². The van der Waals surface area contributed by atoms with Gasteiger partial charge in [-0.1, -0.05) is 30.3 Å². The van der Waals surface area contributed by atoms with Crippen LogP contribution in [0, 0.1) is 0 Å². The topological polar surface area (TPSA) is 80.2 Å². The maximum atomic E-state index is 12.9. The van der Waals surface area contributed by atoms with Gasteiger partial charge in [-0.15, -0.1) is 0 Å². The van der Waals surface area contributed by atoms with Crippen LogP contribution in [-0.4, -0.2) is 93.5 Å². The maximum absolute atomic E-state index is 12.9. The van der Waals surface area contributed by atoms with E-state index in [2.05, 4.69) is 40.2 Å². The van der Waals surface area contributed by atoms with Crippen LogP contribution in [0.4, 0.5) is 4.79 Å². The zero-order valence-electron chi connectivity index (χ0n) is 19.8. The van der Waals surface area contributed by atoms with E-state index in [0.717, 1.165) is 43.9 Å². The van der Waals surface area contributed by atoms with Crippen molar-refractivity contribution < 1.29 is 14.7 Å². The molecule has 1 aromatic carbocycles. The summed E-state index contributed by atoms with van der Waals surface area (Å²) in [6, 6.07) is 12.5. The van der Waals surface area contributed by atoms with Crippen LogP contribution in [0.15, 0.2) is 42.6 Å². The van der Waals surface area contributed by atoms with Crippen molar-refractivity contribution in [3.05, 3.63) is 65.0 Å². The normalized spacial score (nSPS) is 19.8. The van der Waals surface area contributed by atoms with Crippen molar-refractivity contribution in [1.29, 1.82) is 0 Å². The molecule has 1 atom stereocenters. The van der Waals surface area contributed by atoms with E-state index < -0.39 is 6.10 Å². The van der Waals surface area contributed by atoms with Gasteiger partial charge in [0, 0.05) is 71.4 Å². The molecule has 3 aliphatic rings. The van der Waals surface area contributed by atoms with Crippen LogP contribution in [0.25, 0.3) is 0 Å². The standard InChI is InChI=1S/C26H33N5O3/c1-19(32)31-14-23(15-31)21-6-7-24(27-12-21)16-29-10-11-30(26(29)34)18-25(33)17-28-9-8-20-4-2-3-5-22(20)13-28/h2-7,12,23,25,33H,8-11,13-18H2,1H3/t25-/m1/s1. The lowest BCUT2D eigenvalue weighted by atomic mass is 9.92. The third-order valence-electron chi connectivity index (χ3n) is 7.29. The second-order valence-electron chi connectivity index (χ2n) is 9.76. The first kappa shape index (κ1) is 22.8. The lowest BCUT2D eigenvalue weighted by molar-refractivity contribution is -0.133. The Morgan fingerprint density at radius 2 is 1.82 bits per heavy atom. The van der Waals surface area contributed by atoms with Gasteiger partial charge in [-0.25, -0.2) is 4.79 Å². The number of nitrogens with zero attached hydrogens (tertiary/aromatic N) is 5. The minimum absolute atomic E-state index is 0.0370. The fraction of sp³-hybridized carbons (Fsp3) is 0.500. The van der Waals surface area contributed by atoms with Gasteiger partial charge in [0.25, 0.3) is 0 Å². The summed E-state index contributed by atoms with van der Waals surface area (Å²) in [5, 5.41) is 10.7. The molecule has 0 spiro atoms. The molecule has 5 rings (SSSR count). The number of aliphatic hydroxyl groups excluding tert-OH is 1. The molecule has 1 N–H and O–H groups in total. The number of hydrogen-bond donors (Lipinski definition) is 1. The molecule has 8 heteroatoms. The molecule has 2 saturated heterocycles. The number of amides is 3. The number of carbonyl (C=O) groups is 2. The predicted molar refractivity (Wildman–Crippen MR) is 128 cm³/mol. The van der Waals surface area contributed by atoms with E-state index in [9.17, 15) is 14.7 Å². The second-order valence-corrected chi connectivity index (χ2v) is 9.76. The highest BCUT2D eigenvalue weighted by Gasteiger charge is 2.32. The Labute approximate surface area is 200 Å². The number of rotatable bonds is 7. The number of β-amino-alcohol motifs (C(OH)–C–C–N with tert-alkyl or cyclic N) is 1. The van der Waals surface area contributed by atoms with Crippen molar-refractivity contribution in [2.24, 2.45) is 0 Å². The Hall–Kier alpha value is -2.97. The highest BCUT2D eigenvalue weighted by Crippen LogP contribution is 2.26. The largest absolute Gasteiger partial charge is 0.390 e. The summed E-state index contributed by atoms with van der Waals surface area (Å²) in [5.74, 6) is 0.466. The molecular weight excluding hydrogens is 430 g/mol. The smallest absolute Gasteiger partial charge is 0.320 e. The predicted octanol–water partition coefficient (Wildman–Crippen LogP) is 1.68. The molecule has 1 aromatic heterocycles. The molecule has 0 radical (unpaired) electrons. The van der Waals surface area contributed by atoms with E-state index in [4.69, 9.17) is 0 Å². The molecule has 0 aliphatic carbocycles. The first-order chi connectivity index (χ1) is 16.5. The number of benzene rings is 1. The van der Waals surface area contributed by atoms with Crippen LogP contribution in [-0.2, 0) is 24.3 Å². The fourth-order valence-corrected chi connectivity index (χ4v) is 5.18. The monoisotopic (exact) mass is 463 g/mol. The van der Waals surface area contributed by atoms with E-state index in [1.807, 2.05) is 17.2 Å². The number of pyridine rings is 1. The van der Waals surface area contributed by atoms with Gasteiger partial charge < -0.3 is 19.8 Å². The number of urea groups is 1. The molecule has 4 heterocycles. The van der Waals surface area contributed by atoms with Gasteiger partial charge in [0.2, 0.25) is 5.91 Å². The summed E-state index contributed by atoms with van der Waals surface area (Å²) in [7, 11) is 0. The second kappa shape index (κ2) is 9.72. The summed E-state index contributed by atoms with van der Waals surface area (Å²) >= 11 is 0. The summed E-state index contributed by atoms with van der Waals surface area (Å²) in [6.07, 6.45) is 2.31. The van der Waals surface area contributed by atoms with E-state index in [1.54, 1.807) is 16.7 Å². The van der Waals surface area contributed by atoms with Crippen LogP contribution in [0.3, 0.4) is 0 Å². The molecule has 2 aromatic rings. The lowest BCUT2D eigenvalue weighted by Crippen LogP contribution is -2.47. The van der Waals surface area contributed by atoms with Gasteiger partial charge in [-0.3, -0.25) is 14.7 Å². The van der Waals surface area contributed by atoms with Gasteiger partial charge in [-0.2, -0.15) is 0 Å². The zero-order valence-corrected chi connectivity index (χ0v) is 19.8. The molecule has 34 heavy (non-hydrogen) atoms. The Bertz CT molecular complexity index is 1040. The molecular formula is C26H33N5O3. The molecule has 3 aliphatic heterocycles. The van der Waals surface area contributed by atoms with E-state index >= 15 is 0 Å². The Morgan fingerprint density at radius 3 is 2.56 bits per heavy atom. The summed E-state index contributed by atoms with van der Waals surface area (Å²) in [6.45, 7) is 7.55. The number of fused-ring (bicyclic) bond motifs is 1. The van der Waals surface area contributed by atoms with E-state index in [-0.39, 0.29) is 11.9 Å². The van der Waals surface area contributed by atoms with Crippen LogP contribution in [0.2, 0.25) is 0 Å². The van der Waals surface area contributed by atoms with E-state index in [0.29, 0.717) is 38.6 Å². The third-order valence-corrected chi connectivity index (χ3v) is 7.29. The number of likely N-dealkylation sites (tertiary alicyclic amines) is 1. The molecule has 0 bridgehead atoms. The van der Waals surface area contributed by atoms with Crippen LogP contribution in [0.1, 0.15) is 35.2 Å². The van der Waals surface area contributed by atoms with Crippen LogP contribution < -0.4 is 0 Å². The molecule has 2 fully saturated rings. The molecule has 8 nitrogen and oxygen atoms in total. The Morgan fingerprint density at radius 1 is 1.06 bits per heavy atom.